The molecule has 0 N–H and O–H groups in total. The molecule has 36 heavy (non-hydrogen) atoms. The molecule has 7 heteroatoms. The van der Waals surface area contributed by atoms with Crippen molar-refractivity contribution in [2.75, 3.05) is 26.2 Å². The van der Waals surface area contributed by atoms with E-state index in [0.717, 1.165) is 5.56 Å². The first-order valence-corrected chi connectivity index (χ1v) is 12.2. The van der Waals surface area contributed by atoms with Gasteiger partial charge in [-0.05, 0) is 42.7 Å². The molecule has 4 amide bonds. The molecular weight excluding hydrogens is 454 g/mol. The Morgan fingerprint density at radius 2 is 0.861 bits per heavy atom. The van der Waals surface area contributed by atoms with Gasteiger partial charge in [-0.15, -0.1) is 0 Å². The topological polar surface area (TPSA) is 78.0 Å². The van der Waals surface area contributed by atoms with Crippen LogP contribution in [-0.2, 0) is 6.54 Å². The molecule has 0 unspecified atom stereocenters. The van der Waals surface area contributed by atoms with E-state index in [1.54, 1.807) is 48.5 Å². The lowest BCUT2D eigenvalue weighted by Gasteiger charge is -2.24. The van der Waals surface area contributed by atoms with E-state index in [9.17, 15) is 19.2 Å². The third-order valence-corrected chi connectivity index (χ3v) is 6.72. The van der Waals surface area contributed by atoms with E-state index >= 15 is 0 Å². The van der Waals surface area contributed by atoms with Gasteiger partial charge in [0.25, 0.3) is 23.6 Å². The smallest absolute Gasteiger partial charge is 0.261 e. The minimum Gasteiger partial charge on any atom is -0.299 e. The lowest BCUT2D eigenvalue weighted by Crippen LogP contribution is -2.35. The van der Waals surface area contributed by atoms with Gasteiger partial charge in [-0.25, -0.2) is 0 Å². The van der Waals surface area contributed by atoms with E-state index in [0.29, 0.717) is 67.8 Å². The first-order chi connectivity index (χ1) is 17.5. The predicted octanol–water partition coefficient (Wildman–Crippen LogP) is 3.86. The summed E-state index contributed by atoms with van der Waals surface area (Å²) in [5, 5.41) is 0. The van der Waals surface area contributed by atoms with Gasteiger partial charge in [0.2, 0.25) is 0 Å². The summed E-state index contributed by atoms with van der Waals surface area (Å²) < 4.78 is 0. The molecule has 182 valence electrons. The van der Waals surface area contributed by atoms with Gasteiger partial charge in [-0.2, -0.15) is 0 Å². The van der Waals surface area contributed by atoms with Crippen molar-refractivity contribution in [1.82, 2.24) is 14.7 Å². The highest BCUT2D eigenvalue weighted by atomic mass is 16.2. The molecule has 0 radical (unpaired) electrons. The summed E-state index contributed by atoms with van der Waals surface area (Å²) in [6, 6.07) is 23.9. The van der Waals surface area contributed by atoms with Crippen LogP contribution in [0.25, 0.3) is 0 Å². The van der Waals surface area contributed by atoms with Gasteiger partial charge in [0.05, 0.1) is 22.3 Å². The monoisotopic (exact) mass is 481 g/mol. The third kappa shape index (κ3) is 4.57. The van der Waals surface area contributed by atoms with Crippen LogP contribution in [0.15, 0.2) is 78.9 Å². The minimum atomic E-state index is -0.240. The molecule has 2 heterocycles. The van der Waals surface area contributed by atoms with E-state index in [1.807, 2.05) is 18.2 Å². The number of fused-ring (bicyclic) bond motifs is 2. The summed E-state index contributed by atoms with van der Waals surface area (Å²) in [5.74, 6) is -0.960. The predicted molar refractivity (Wildman–Crippen MR) is 135 cm³/mol. The molecule has 0 atom stereocenters. The first kappa shape index (κ1) is 23.6. The van der Waals surface area contributed by atoms with Crippen LogP contribution in [0.4, 0.5) is 0 Å². The second-order valence-electron chi connectivity index (χ2n) is 9.08. The molecule has 2 aliphatic rings. The van der Waals surface area contributed by atoms with Crippen molar-refractivity contribution >= 4 is 23.6 Å². The zero-order valence-electron chi connectivity index (χ0n) is 19.9. The van der Waals surface area contributed by atoms with E-state index in [-0.39, 0.29) is 23.6 Å². The maximum absolute atomic E-state index is 12.7. The Bertz CT molecular complexity index is 1170. The normalized spacial score (nSPS) is 14.7. The quantitative estimate of drug-likeness (QED) is 0.411. The van der Waals surface area contributed by atoms with Gasteiger partial charge in [0.15, 0.2) is 0 Å². The van der Waals surface area contributed by atoms with Gasteiger partial charge >= 0.3 is 0 Å². The zero-order chi connectivity index (χ0) is 25.1. The number of carbonyl (C=O) groups excluding carboxylic acids is 4. The van der Waals surface area contributed by atoms with Gasteiger partial charge in [0, 0.05) is 32.7 Å². The Labute approximate surface area is 209 Å². The van der Waals surface area contributed by atoms with Crippen LogP contribution in [-0.4, -0.2) is 64.5 Å². The zero-order valence-corrected chi connectivity index (χ0v) is 19.9. The van der Waals surface area contributed by atoms with Gasteiger partial charge in [-0.1, -0.05) is 54.6 Å². The number of benzene rings is 3. The van der Waals surface area contributed by atoms with Crippen LogP contribution >= 0.6 is 0 Å². The lowest BCUT2D eigenvalue weighted by molar-refractivity contribution is 0.0640. The molecule has 0 spiro atoms. The Morgan fingerprint density at radius 1 is 0.500 bits per heavy atom. The van der Waals surface area contributed by atoms with Crippen LogP contribution < -0.4 is 0 Å². The summed E-state index contributed by atoms with van der Waals surface area (Å²) in [7, 11) is 0. The fourth-order valence-corrected chi connectivity index (χ4v) is 4.90. The van der Waals surface area contributed by atoms with Crippen molar-refractivity contribution in [2.45, 2.75) is 19.4 Å². The summed E-state index contributed by atoms with van der Waals surface area (Å²) in [4.78, 5) is 55.6. The maximum Gasteiger partial charge on any atom is 0.261 e. The van der Waals surface area contributed by atoms with Crippen molar-refractivity contribution in [2.24, 2.45) is 0 Å². The van der Waals surface area contributed by atoms with Crippen LogP contribution in [0.5, 0.6) is 0 Å². The van der Waals surface area contributed by atoms with E-state index in [1.165, 1.54) is 9.80 Å². The number of hydrogen-bond acceptors (Lipinski definition) is 5. The van der Waals surface area contributed by atoms with Gasteiger partial charge in [0.1, 0.15) is 0 Å². The lowest BCUT2D eigenvalue weighted by atomic mass is 10.1. The second-order valence-corrected chi connectivity index (χ2v) is 9.08. The summed E-state index contributed by atoms with van der Waals surface area (Å²) in [6.45, 7) is 2.73. The second kappa shape index (κ2) is 10.3. The highest BCUT2D eigenvalue weighted by Crippen LogP contribution is 2.24. The number of nitrogens with zero attached hydrogens (tertiary/aromatic N) is 3. The number of carbonyl (C=O) groups is 4. The SMILES string of the molecule is O=C1c2ccccc2C(=O)N1CCCN(CCCN1C(=O)c2ccccc2C1=O)Cc1ccccc1. The van der Waals surface area contributed by atoms with Crippen LogP contribution in [0.1, 0.15) is 59.8 Å². The number of amides is 4. The first-order valence-electron chi connectivity index (χ1n) is 12.2. The van der Waals surface area contributed by atoms with Gasteiger partial charge < -0.3 is 0 Å². The number of hydrogen-bond donors (Lipinski definition) is 0. The fourth-order valence-electron chi connectivity index (χ4n) is 4.90. The van der Waals surface area contributed by atoms with Crippen LogP contribution in [0.3, 0.4) is 0 Å². The molecule has 7 nitrogen and oxygen atoms in total. The maximum atomic E-state index is 12.7. The Hall–Kier alpha value is -4.10. The van der Waals surface area contributed by atoms with E-state index in [2.05, 4.69) is 17.0 Å². The Kier molecular flexibility index (Phi) is 6.73. The molecule has 0 fully saturated rings. The van der Waals surface area contributed by atoms with Gasteiger partial charge in [-0.3, -0.25) is 33.9 Å². The van der Waals surface area contributed by atoms with Crippen molar-refractivity contribution in [3.05, 3.63) is 107 Å². The molecule has 0 saturated heterocycles. The Morgan fingerprint density at radius 3 is 1.25 bits per heavy atom. The molecule has 3 aromatic rings. The molecule has 5 rings (SSSR count). The van der Waals surface area contributed by atoms with E-state index < -0.39 is 0 Å². The van der Waals surface area contributed by atoms with Crippen molar-refractivity contribution < 1.29 is 19.2 Å². The largest absolute Gasteiger partial charge is 0.299 e. The number of imide groups is 2. The standard InChI is InChI=1S/C29H27N3O4/c33-26-22-12-4-5-13-23(22)27(34)31(26)18-8-16-30(20-21-10-2-1-3-11-21)17-9-19-32-28(35)24-14-6-7-15-25(24)29(32)36/h1-7,10-15H,8-9,16-20H2. The molecule has 0 aromatic heterocycles. The highest BCUT2D eigenvalue weighted by Gasteiger charge is 2.35. The summed E-state index contributed by atoms with van der Waals surface area (Å²) >= 11 is 0. The van der Waals surface area contributed by atoms with E-state index in [4.69, 9.17) is 0 Å². The Balaban J connectivity index is 1.19. The molecule has 0 bridgehead atoms. The van der Waals surface area contributed by atoms with Crippen molar-refractivity contribution in [3.63, 3.8) is 0 Å². The average Bonchev–Trinajstić information content (AvgIpc) is 3.30. The number of rotatable bonds is 10. The van der Waals surface area contributed by atoms with Crippen molar-refractivity contribution in [3.8, 4) is 0 Å². The molecule has 3 aromatic carbocycles. The average molecular weight is 482 g/mol. The third-order valence-electron chi connectivity index (χ3n) is 6.72. The van der Waals surface area contributed by atoms with Crippen LogP contribution in [0, 0.1) is 0 Å². The molecule has 2 aliphatic heterocycles. The highest BCUT2D eigenvalue weighted by molar-refractivity contribution is 6.22. The molecule has 0 saturated carbocycles. The molecule has 0 aliphatic carbocycles. The van der Waals surface area contributed by atoms with Crippen LogP contribution in [0.2, 0.25) is 0 Å². The molecular formula is C29H27N3O4. The summed E-state index contributed by atoms with van der Waals surface area (Å²) in [5.41, 5.74) is 3.00. The summed E-state index contributed by atoms with van der Waals surface area (Å²) in [6.07, 6.45) is 1.26. The minimum absolute atomic E-state index is 0.240. The fraction of sp³-hybridized carbons (Fsp3) is 0.241. The van der Waals surface area contributed by atoms with Crippen molar-refractivity contribution in [1.29, 1.82) is 0 Å².